The number of nitrogens with one attached hydrogen (secondary N) is 1. The van der Waals surface area contributed by atoms with Crippen LogP contribution in [0.5, 0.6) is 0 Å². The number of anilines is 2. The highest BCUT2D eigenvalue weighted by Gasteiger charge is 2.35. The van der Waals surface area contributed by atoms with Gasteiger partial charge in [0.15, 0.2) is 22.5 Å². The summed E-state index contributed by atoms with van der Waals surface area (Å²) in [5.74, 6) is -1.51. The number of piperazine rings is 1. The smallest absolute Gasteiger partial charge is 0.310 e. The first-order valence-electron chi connectivity index (χ1n) is 14.1. The van der Waals surface area contributed by atoms with Gasteiger partial charge in [-0.2, -0.15) is 0 Å². The van der Waals surface area contributed by atoms with Crippen LogP contribution < -0.4 is 16.0 Å². The molecule has 2 aliphatic heterocycles. The quantitative estimate of drug-likeness (QED) is 0.317. The number of aliphatic carboxylic acids is 1. The highest BCUT2D eigenvalue weighted by molar-refractivity contribution is 6.32. The van der Waals surface area contributed by atoms with Gasteiger partial charge in [0.1, 0.15) is 0 Å². The first-order chi connectivity index (χ1) is 19.6. The lowest BCUT2D eigenvalue weighted by atomic mass is 9.94. The molecule has 2 aromatic rings. The molecule has 2 fully saturated rings. The molecule has 2 saturated heterocycles. The van der Waals surface area contributed by atoms with Crippen LogP contribution in [0.4, 0.5) is 11.6 Å². The second-order valence-electron chi connectivity index (χ2n) is 10.7. The number of aliphatic hydroxyl groups is 1. The predicted molar refractivity (Wildman–Crippen MR) is 160 cm³/mol. The van der Waals surface area contributed by atoms with Crippen LogP contribution >= 0.6 is 23.2 Å². The fraction of sp³-hybridized carbons (Fsp3) is 0.571. The normalized spacial score (nSPS) is 19.7. The van der Waals surface area contributed by atoms with Crippen LogP contribution in [0.3, 0.4) is 0 Å². The topological polar surface area (TPSA) is 148 Å². The number of halogens is 2. The molecule has 1 amide bonds. The number of aromatic nitrogens is 2. The summed E-state index contributed by atoms with van der Waals surface area (Å²) >= 11 is 12.7. The van der Waals surface area contributed by atoms with Crippen molar-refractivity contribution >= 4 is 46.7 Å². The number of carbonyl (C=O) groups excluding carboxylic acids is 1. The molecule has 2 atom stereocenters. The van der Waals surface area contributed by atoms with Crippen LogP contribution in [-0.2, 0) is 11.3 Å². The number of hydrogen-bond donors (Lipinski definition) is 4. The third-order valence-corrected chi connectivity index (χ3v) is 8.63. The van der Waals surface area contributed by atoms with Gasteiger partial charge in [0, 0.05) is 49.8 Å². The molecule has 1 aromatic heterocycles. The molecule has 2 aliphatic rings. The number of hydrogen-bond acceptors (Lipinski definition) is 9. The van der Waals surface area contributed by atoms with Gasteiger partial charge in [-0.3, -0.25) is 19.4 Å². The minimum Gasteiger partial charge on any atom is -0.481 e. The molecule has 0 radical (unpaired) electrons. The molecule has 224 valence electrons. The van der Waals surface area contributed by atoms with E-state index in [2.05, 4.69) is 36.9 Å². The van der Waals surface area contributed by atoms with Crippen molar-refractivity contribution in [2.45, 2.75) is 57.7 Å². The van der Waals surface area contributed by atoms with Crippen LogP contribution in [0.1, 0.15) is 60.6 Å². The number of amides is 1. The maximum atomic E-state index is 12.3. The number of carboxylic acids is 1. The zero-order chi connectivity index (χ0) is 29.7. The molecule has 0 spiro atoms. The summed E-state index contributed by atoms with van der Waals surface area (Å²) in [6, 6.07) is 6.30. The number of nitrogen functional groups attached to an aromatic ring is 1. The van der Waals surface area contributed by atoms with E-state index in [1.165, 1.54) is 0 Å². The summed E-state index contributed by atoms with van der Waals surface area (Å²) in [6.45, 7) is 8.61. The molecule has 1 aromatic carbocycles. The number of likely N-dealkylation sites (tertiary alicyclic amines) is 1. The summed E-state index contributed by atoms with van der Waals surface area (Å²) in [5.41, 5.74) is 7.80. The van der Waals surface area contributed by atoms with E-state index in [0.29, 0.717) is 36.0 Å². The van der Waals surface area contributed by atoms with Gasteiger partial charge >= 0.3 is 5.97 Å². The SMILES string of the molecule is CC[C@H]1CN(c2nc(N)c(C(=O)NCCO)nc2Cl)CCN1C1CCN(Cc2ccc(Cl)cc2C(C)C(=O)O)CC1. The third kappa shape index (κ3) is 7.39. The average molecular weight is 609 g/mol. The predicted octanol–water partition coefficient (Wildman–Crippen LogP) is 2.84. The van der Waals surface area contributed by atoms with E-state index < -0.39 is 17.8 Å². The second kappa shape index (κ2) is 14.0. The van der Waals surface area contributed by atoms with E-state index in [4.69, 9.17) is 34.0 Å². The standard InChI is InChI=1S/C28H39Cl2N7O4/c1-3-20-16-36(26-24(30)33-23(25(31)34-26)27(39)32-8-13-38)11-12-37(20)21-6-9-35(10-7-21)15-18-4-5-19(29)14-22(18)17(2)28(40)41/h4-5,14,17,20-21,38H,3,6-13,15-16H2,1-2H3,(H2,31,34)(H,32,39)(H,40,41)/t17?,20-/m0/s1. The molecule has 0 aliphatic carbocycles. The number of piperidine rings is 1. The number of carboxylic acid groups (broad SMARTS) is 1. The van der Waals surface area contributed by atoms with Crippen molar-refractivity contribution < 1.29 is 19.8 Å². The summed E-state index contributed by atoms with van der Waals surface area (Å²) in [5, 5.41) is 21.7. The molecule has 0 saturated carbocycles. The largest absolute Gasteiger partial charge is 0.481 e. The van der Waals surface area contributed by atoms with Gasteiger partial charge in [0.25, 0.3) is 5.91 Å². The van der Waals surface area contributed by atoms with Gasteiger partial charge in [0.2, 0.25) is 0 Å². The van der Waals surface area contributed by atoms with Crippen molar-refractivity contribution in [3.63, 3.8) is 0 Å². The lowest BCUT2D eigenvalue weighted by Gasteiger charge is -2.47. The van der Waals surface area contributed by atoms with E-state index in [1.54, 1.807) is 13.0 Å². The average Bonchev–Trinajstić information content (AvgIpc) is 2.97. The molecule has 41 heavy (non-hydrogen) atoms. The fourth-order valence-corrected chi connectivity index (χ4v) is 6.27. The first kappa shape index (κ1) is 31.2. The van der Waals surface area contributed by atoms with E-state index in [9.17, 15) is 14.7 Å². The van der Waals surface area contributed by atoms with Crippen LogP contribution in [0.25, 0.3) is 0 Å². The zero-order valence-corrected chi connectivity index (χ0v) is 25.0. The van der Waals surface area contributed by atoms with Crippen LogP contribution in [0.2, 0.25) is 10.2 Å². The Hall–Kier alpha value is -2.70. The maximum Gasteiger partial charge on any atom is 0.310 e. The van der Waals surface area contributed by atoms with Gasteiger partial charge in [-0.25, -0.2) is 9.97 Å². The molecule has 4 rings (SSSR count). The minimum absolute atomic E-state index is 0.00397. The highest BCUT2D eigenvalue weighted by Crippen LogP contribution is 2.31. The lowest BCUT2D eigenvalue weighted by molar-refractivity contribution is -0.138. The molecule has 11 nitrogen and oxygen atoms in total. The Labute approximate surface area is 250 Å². The van der Waals surface area contributed by atoms with Crippen molar-refractivity contribution in [1.29, 1.82) is 0 Å². The molecular weight excluding hydrogens is 569 g/mol. The third-order valence-electron chi connectivity index (χ3n) is 8.14. The number of carbonyl (C=O) groups is 2. The van der Waals surface area contributed by atoms with E-state index in [0.717, 1.165) is 56.6 Å². The summed E-state index contributed by atoms with van der Waals surface area (Å²) < 4.78 is 0. The van der Waals surface area contributed by atoms with Gasteiger partial charge in [-0.05, 0) is 62.5 Å². The van der Waals surface area contributed by atoms with Gasteiger partial charge in [0.05, 0.1) is 12.5 Å². The van der Waals surface area contributed by atoms with E-state index >= 15 is 0 Å². The monoisotopic (exact) mass is 607 g/mol. The molecule has 5 N–H and O–H groups in total. The van der Waals surface area contributed by atoms with E-state index in [-0.39, 0.29) is 29.8 Å². The summed E-state index contributed by atoms with van der Waals surface area (Å²) in [6.07, 6.45) is 3.01. The number of aliphatic hydroxyl groups excluding tert-OH is 1. The van der Waals surface area contributed by atoms with Gasteiger partial charge < -0.3 is 26.2 Å². The van der Waals surface area contributed by atoms with Crippen molar-refractivity contribution in [1.82, 2.24) is 25.1 Å². The maximum absolute atomic E-state index is 12.3. The summed E-state index contributed by atoms with van der Waals surface area (Å²) in [4.78, 5) is 39.7. The van der Waals surface area contributed by atoms with Gasteiger partial charge in [-0.1, -0.05) is 36.2 Å². The number of nitrogens with two attached hydrogens (primary N) is 1. The highest BCUT2D eigenvalue weighted by atomic mass is 35.5. The minimum atomic E-state index is -0.855. The van der Waals surface area contributed by atoms with E-state index in [1.807, 2.05) is 12.1 Å². The zero-order valence-electron chi connectivity index (χ0n) is 23.5. The second-order valence-corrected chi connectivity index (χ2v) is 11.5. The Kier molecular flexibility index (Phi) is 10.6. The number of nitrogens with zero attached hydrogens (tertiary/aromatic N) is 5. The van der Waals surface area contributed by atoms with Crippen LogP contribution in [0.15, 0.2) is 18.2 Å². The molecular formula is C28H39Cl2N7O4. The lowest BCUT2D eigenvalue weighted by Crippen LogP contribution is -2.58. The van der Waals surface area contributed by atoms with Gasteiger partial charge in [-0.15, -0.1) is 0 Å². The van der Waals surface area contributed by atoms with Crippen LogP contribution in [0, 0.1) is 0 Å². The Bertz CT molecular complexity index is 1240. The van der Waals surface area contributed by atoms with Crippen molar-refractivity contribution in [2.24, 2.45) is 0 Å². The molecule has 13 heteroatoms. The van der Waals surface area contributed by atoms with Crippen molar-refractivity contribution in [3.05, 3.63) is 45.2 Å². The van der Waals surface area contributed by atoms with Crippen molar-refractivity contribution in [2.75, 3.05) is 56.5 Å². The molecule has 1 unspecified atom stereocenters. The number of benzene rings is 1. The first-order valence-corrected chi connectivity index (χ1v) is 14.8. The fourth-order valence-electron chi connectivity index (χ4n) is 5.84. The van der Waals surface area contributed by atoms with Crippen LogP contribution in [-0.4, -0.2) is 99.8 Å². The Morgan fingerprint density at radius 1 is 1.17 bits per heavy atom. The Morgan fingerprint density at radius 2 is 1.90 bits per heavy atom. The van der Waals surface area contributed by atoms with Crippen molar-refractivity contribution in [3.8, 4) is 0 Å². The summed E-state index contributed by atoms with van der Waals surface area (Å²) in [7, 11) is 0. The number of rotatable bonds is 10. The Morgan fingerprint density at radius 3 is 2.56 bits per heavy atom. The molecule has 3 heterocycles. The Balaban J connectivity index is 1.37. The molecule has 0 bridgehead atoms.